The summed E-state index contributed by atoms with van der Waals surface area (Å²) in [5.41, 5.74) is 1.28. The number of aryl methyl sites for hydroxylation is 2. The van der Waals surface area contributed by atoms with Crippen LogP contribution in [0.3, 0.4) is 0 Å². The fraction of sp³-hybridized carbons (Fsp3) is 0.652. The number of hydrogen-bond donors (Lipinski definition) is 0. The zero-order valence-electron chi connectivity index (χ0n) is 20.4. The van der Waals surface area contributed by atoms with E-state index in [1.54, 1.807) is 49.8 Å². The molecular weight excluding hydrogens is 462 g/mol. The standard InChI is InChI=1S/C23H35N3O7S/c1-5-33-23(28)25-11-9-24(10-12-25)21(27)16-32-15-19-7-6-8-26(19)34(29,30)22-17(2)13-20(31-4)14-18(22)3/h13-14,19H,5-12,15-16H2,1-4H3/t19-/m0/s1. The maximum Gasteiger partial charge on any atom is 0.409 e. The van der Waals surface area contributed by atoms with Crippen molar-refractivity contribution in [2.75, 3.05) is 59.7 Å². The smallest absolute Gasteiger partial charge is 0.409 e. The number of piperazine rings is 1. The normalized spacial score (nSPS) is 19.4. The molecule has 0 saturated carbocycles. The van der Waals surface area contributed by atoms with Crippen LogP contribution in [-0.2, 0) is 24.3 Å². The van der Waals surface area contributed by atoms with E-state index in [9.17, 15) is 18.0 Å². The van der Waals surface area contributed by atoms with E-state index < -0.39 is 10.0 Å². The minimum absolute atomic E-state index is 0.121. The van der Waals surface area contributed by atoms with Crippen LogP contribution in [0.25, 0.3) is 0 Å². The fourth-order valence-corrected chi connectivity index (χ4v) is 6.67. The largest absolute Gasteiger partial charge is 0.497 e. The summed E-state index contributed by atoms with van der Waals surface area (Å²) < 4.78 is 44.4. The Labute approximate surface area is 201 Å². The number of carbonyl (C=O) groups excluding carboxylic acids is 2. The molecule has 2 aliphatic rings. The van der Waals surface area contributed by atoms with Crippen LogP contribution in [-0.4, -0.2) is 100 Å². The Morgan fingerprint density at radius 2 is 1.65 bits per heavy atom. The van der Waals surface area contributed by atoms with Crippen molar-refractivity contribution in [1.82, 2.24) is 14.1 Å². The molecule has 10 nitrogen and oxygen atoms in total. The molecule has 0 aromatic heterocycles. The summed E-state index contributed by atoms with van der Waals surface area (Å²) in [5, 5.41) is 0. The molecule has 0 N–H and O–H groups in total. The van der Waals surface area contributed by atoms with Crippen LogP contribution in [0.1, 0.15) is 30.9 Å². The summed E-state index contributed by atoms with van der Waals surface area (Å²) in [6, 6.07) is 3.13. The Morgan fingerprint density at radius 3 is 2.24 bits per heavy atom. The Balaban J connectivity index is 1.55. The van der Waals surface area contributed by atoms with Gasteiger partial charge in [0.2, 0.25) is 15.9 Å². The minimum atomic E-state index is -3.71. The van der Waals surface area contributed by atoms with E-state index in [1.807, 2.05) is 0 Å². The first-order valence-corrected chi connectivity index (χ1v) is 13.1. The second-order valence-electron chi connectivity index (χ2n) is 8.58. The molecule has 2 aliphatic heterocycles. The molecular formula is C23H35N3O7S. The topological polar surface area (TPSA) is 106 Å². The number of carbonyl (C=O) groups is 2. The number of amides is 2. The van der Waals surface area contributed by atoms with Crippen molar-refractivity contribution < 1.29 is 32.2 Å². The van der Waals surface area contributed by atoms with Crippen molar-refractivity contribution in [3.63, 3.8) is 0 Å². The third-order valence-corrected chi connectivity index (χ3v) is 8.51. The monoisotopic (exact) mass is 497 g/mol. The zero-order valence-corrected chi connectivity index (χ0v) is 21.2. The quantitative estimate of drug-likeness (QED) is 0.539. The van der Waals surface area contributed by atoms with E-state index in [0.717, 1.165) is 6.42 Å². The first kappa shape index (κ1) is 26.2. The minimum Gasteiger partial charge on any atom is -0.497 e. The van der Waals surface area contributed by atoms with Crippen molar-refractivity contribution >= 4 is 22.0 Å². The second kappa shape index (κ2) is 11.4. The molecule has 190 valence electrons. The van der Waals surface area contributed by atoms with Gasteiger partial charge < -0.3 is 24.0 Å². The third kappa shape index (κ3) is 5.81. The molecule has 2 heterocycles. The summed E-state index contributed by atoms with van der Waals surface area (Å²) in [4.78, 5) is 27.9. The lowest BCUT2D eigenvalue weighted by molar-refractivity contribution is -0.138. The molecule has 0 aliphatic carbocycles. The van der Waals surface area contributed by atoms with Crippen molar-refractivity contribution in [1.29, 1.82) is 0 Å². The van der Waals surface area contributed by atoms with Crippen molar-refractivity contribution in [3.8, 4) is 5.75 Å². The first-order valence-electron chi connectivity index (χ1n) is 11.6. The predicted octanol–water partition coefficient (Wildman–Crippen LogP) is 1.78. The van der Waals surface area contributed by atoms with E-state index in [4.69, 9.17) is 14.2 Å². The maximum atomic E-state index is 13.5. The van der Waals surface area contributed by atoms with Gasteiger partial charge in [-0.3, -0.25) is 4.79 Å². The summed E-state index contributed by atoms with van der Waals surface area (Å²) in [7, 11) is -2.16. The molecule has 0 spiro atoms. The van der Waals surface area contributed by atoms with Gasteiger partial charge in [0.15, 0.2) is 0 Å². The highest BCUT2D eigenvalue weighted by Gasteiger charge is 2.37. The Bertz CT molecular complexity index is 967. The Morgan fingerprint density at radius 1 is 1.03 bits per heavy atom. The molecule has 3 rings (SSSR count). The van der Waals surface area contributed by atoms with Gasteiger partial charge in [-0.15, -0.1) is 0 Å². The van der Waals surface area contributed by atoms with Gasteiger partial charge >= 0.3 is 6.09 Å². The zero-order chi connectivity index (χ0) is 24.9. The van der Waals surface area contributed by atoms with E-state index in [1.165, 1.54) is 4.31 Å². The fourth-order valence-electron chi connectivity index (χ4n) is 4.57. The van der Waals surface area contributed by atoms with Gasteiger partial charge in [-0.05, 0) is 56.9 Å². The van der Waals surface area contributed by atoms with Gasteiger partial charge in [0.25, 0.3) is 0 Å². The number of ether oxygens (including phenoxy) is 3. The number of benzene rings is 1. The van der Waals surface area contributed by atoms with Gasteiger partial charge in [0, 0.05) is 38.8 Å². The number of hydrogen-bond acceptors (Lipinski definition) is 7. The van der Waals surface area contributed by atoms with Gasteiger partial charge in [-0.1, -0.05) is 0 Å². The van der Waals surface area contributed by atoms with Gasteiger partial charge in [0.05, 0.1) is 25.2 Å². The molecule has 11 heteroatoms. The van der Waals surface area contributed by atoms with Crippen LogP contribution >= 0.6 is 0 Å². The van der Waals surface area contributed by atoms with Crippen LogP contribution in [0.2, 0.25) is 0 Å². The summed E-state index contributed by atoms with van der Waals surface area (Å²) in [6.07, 6.45) is 1.06. The lowest BCUT2D eigenvalue weighted by Crippen LogP contribution is -2.51. The molecule has 34 heavy (non-hydrogen) atoms. The predicted molar refractivity (Wildman–Crippen MR) is 125 cm³/mol. The number of sulfonamides is 1. The van der Waals surface area contributed by atoms with E-state index in [0.29, 0.717) is 67.5 Å². The summed E-state index contributed by atoms with van der Waals surface area (Å²) in [6.45, 7) is 7.73. The lowest BCUT2D eigenvalue weighted by Gasteiger charge is -2.34. The van der Waals surface area contributed by atoms with Gasteiger partial charge in [-0.25, -0.2) is 13.2 Å². The Kier molecular flexibility index (Phi) is 8.78. The van der Waals surface area contributed by atoms with Crippen LogP contribution < -0.4 is 4.74 Å². The highest BCUT2D eigenvalue weighted by atomic mass is 32.2. The van der Waals surface area contributed by atoms with Crippen LogP contribution in [0.4, 0.5) is 4.79 Å². The SMILES string of the molecule is CCOC(=O)N1CCN(C(=O)COC[C@@H]2CCCN2S(=O)(=O)c2c(C)cc(OC)cc2C)CC1. The van der Waals surface area contributed by atoms with Gasteiger partial charge in [-0.2, -0.15) is 4.31 Å². The van der Waals surface area contributed by atoms with Crippen molar-refractivity contribution in [3.05, 3.63) is 23.3 Å². The molecule has 2 amide bonds. The molecule has 2 fully saturated rings. The average molecular weight is 498 g/mol. The van der Waals surface area contributed by atoms with Crippen LogP contribution in [0.15, 0.2) is 17.0 Å². The number of methoxy groups -OCH3 is 1. The third-order valence-electron chi connectivity index (χ3n) is 6.25. The molecule has 0 radical (unpaired) electrons. The lowest BCUT2D eigenvalue weighted by atomic mass is 10.1. The molecule has 0 bridgehead atoms. The summed E-state index contributed by atoms with van der Waals surface area (Å²) in [5.74, 6) is 0.453. The maximum absolute atomic E-state index is 13.5. The average Bonchev–Trinajstić information content (AvgIpc) is 3.28. The molecule has 1 aromatic rings. The molecule has 1 aromatic carbocycles. The molecule has 1 atom stereocenters. The van der Waals surface area contributed by atoms with Crippen LogP contribution in [0.5, 0.6) is 5.75 Å². The van der Waals surface area contributed by atoms with E-state index in [2.05, 4.69) is 0 Å². The molecule has 0 unspecified atom stereocenters. The highest BCUT2D eigenvalue weighted by molar-refractivity contribution is 7.89. The Hall–Kier alpha value is -2.37. The summed E-state index contributed by atoms with van der Waals surface area (Å²) >= 11 is 0. The second-order valence-corrected chi connectivity index (χ2v) is 10.4. The van der Waals surface area contributed by atoms with Crippen molar-refractivity contribution in [2.24, 2.45) is 0 Å². The molecule has 2 saturated heterocycles. The van der Waals surface area contributed by atoms with Crippen LogP contribution in [0, 0.1) is 13.8 Å². The number of nitrogens with zero attached hydrogens (tertiary/aromatic N) is 3. The van der Waals surface area contributed by atoms with Gasteiger partial charge in [0.1, 0.15) is 12.4 Å². The van der Waals surface area contributed by atoms with E-state index in [-0.39, 0.29) is 31.3 Å². The highest BCUT2D eigenvalue weighted by Crippen LogP contribution is 2.32. The first-order chi connectivity index (χ1) is 16.2. The van der Waals surface area contributed by atoms with E-state index >= 15 is 0 Å². The number of rotatable bonds is 8. The van der Waals surface area contributed by atoms with Crippen molar-refractivity contribution in [2.45, 2.75) is 44.6 Å².